The summed E-state index contributed by atoms with van der Waals surface area (Å²) >= 11 is 6.13. The molecule has 2 N–H and O–H groups in total. The number of quaternary nitrogens is 1. The van der Waals surface area contributed by atoms with Crippen LogP contribution in [0.1, 0.15) is 18.9 Å². The average Bonchev–Trinajstić information content (AvgIpc) is 3.00. The maximum absolute atomic E-state index is 13.3. The second-order valence-electron chi connectivity index (χ2n) is 7.38. The van der Waals surface area contributed by atoms with Crippen LogP contribution < -0.4 is 15.1 Å². The van der Waals surface area contributed by atoms with Gasteiger partial charge in [0.2, 0.25) is 5.95 Å². The lowest BCUT2D eigenvalue weighted by molar-refractivity contribution is -0.907. The molecule has 0 unspecified atom stereocenters. The molecule has 0 radical (unpaired) electrons. The van der Waals surface area contributed by atoms with Gasteiger partial charge in [-0.25, -0.2) is 19.7 Å². The van der Waals surface area contributed by atoms with Crippen LogP contribution in [-0.4, -0.2) is 59.7 Å². The number of carbonyl (C=O) groups is 2. The molecule has 0 bridgehead atoms. The van der Waals surface area contributed by atoms with Crippen molar-refractivity contribution >= 4 is 29.5 Å². The maximum atomic E-state index is 13.3. The first-order chi connectivity index (χ1) is 14.0. The van der Waals surface area contributed by atoms with Crippen LogP contribution in [0, 0.1) is 0 Å². The molecular formula is C20H24ClN6O2+. The van der Waals surface area contributed by atoms with Gasteiger partial charge in [0.1, 0.15) is 5.54 Å². The van der Waals surface area contributed by atoms with Crippen LogP contribution >= 0.6 is 11.6 Å². The van der Waals surface area contributed by atoms with Gasteiger partial charge in [0.05, 0.1) is 26.2 Å². The zero-order valence-corrected chi connectivity index (χ0v) is 17.0. The molecule has 2 aromatic rings. The Hall–Kier alpha value is -2.71. The van der Waals surface area contributed by atoms with Crippen molar-refractivity contribution in [1.29, 1.82) is 0 Å². The molecule has 2 aliphatic heterocycles. The molecule has 8 nitrogen and oxygen atoms in total. The number of carbonyl (C=O) groups excluding carboxylic acids is 2. The lowest BCUT2D eigenvalue weighted by Gasteiger charge is -2.33. The zero-order chi connectivity index (χ0) is 20.4. The third-order valence-corrected chi connectivity index (χ3v) is 5.95. The van der Waals surface area contributed by atoms with E-state index < -0.39 is 5.54 Å². The van der Waals surface area contributed by atoms with Gasteiger partial charge in [-0.05, 0) is 30.2 Å². The number of hydrogen-bond acceptors (Lipinski definition) is 5. The zero-order valence-electron chi connectivity index (χ0n) is 16.3. The highest BCUT2D eigenvalue weighted by Gasteiger charge is 2.52. The van der Waals surface area contributed by atoms with E-state index in [2.05, 4.69) is 20.2 Å². The van der Waals surface area contributed by atoms with Crippen LogP contribution in [0.5, 0.6) is 0 Å². The normalized spacial score (nSPS) is 22.8. The van der Waals surface area contributed by atoms with Crippen molar-refractivity contribution in [2.75, 3.05) is 37.7 Å². The Labute approximate surface area is 174 Å². The Morgan fingerprint density at radius 2 is 1.90 bits per heavy atom. The van der Waals surface area contributed by atoms with Crippen molar-refractivity contribution in [2.45, 2.75) is 18.9 Å². The average molecular weight is 416 g/mol. The first-order valence-corrected chi connectivity index (χ1v) is 10.2. The molecule has 0 spiro atoms. The second-order valence-corrected chi connectivity index (χ2v) is 7.81. The van der Waals surface area contributed by atoms with Crippen molar-refractivity contribution in [1.82, 2.24) is 20.2 Å². The van der Waals surface area contributed by atoms with Gasteiger partial charge < -0.3 is 15.1 Å². The summed E-state index contributed by atoms with van der Waals surface area (Å²) < 4.78 is 0. The monoisotopic (exact) mass is 415 g/mol. The van der Waals surface area contributed by atoms with E-state index in [-0.39, 0.29) is 11.9 Å². The molecule has 4 rings (SSSR count). The van der Waals surface area contributed by atoms with E-state index in [4.69, 9.17) is 11.6 Å². The van der Waals surface area contributed by atoms with Gasteiger partial charge in [0.25, 0.3) is 5.91 Å². The van der Waals surface area contributed by atoms with E-state index in [1.54, 1.807) is 36.7 Å². The minimum absolute atomic E-state index is 0.214. The van der Waals surface area contributed by atoms with Gasteiger partial charge in [0, 0.05) is 17.4 Å². The van der Waals surface area contributed by atoms with Gasteiger partial charge in [0.15, 0.2) is 6.67 Å². The van der Waals surface area contributed by atoms with E-state index >= 15 is 0 Å². The number of nitrogens with zero attached hydrogens (tertiary/aromatic N) is 4. The molecule has 29 heavy (non-hydrogen) atoms. The van der Waals surface area contributed by atoms with E-state index in [0.29, 0.717) is 24.1 Å². The van der Waals surface area contributed by atoms with Crippen LogP contribution in [-0.2, 0) is 10.3 Å². The predicted octanol–water partition coefficient (Wildman–Crippen LogP) is 0.650. The highest BCUT2D eigenvalue weighted by molar-refractivity contribution is 6.30. The van der Waals surface area contributed by atoms with Crippen LogP contribution in [0.25, 0.3) is 0 Å². The first-order valence-electron chi connectivity index (χ1n) is 9.79. The number of halogens is 1. The van der Waals surface area contributed by atoms with E-state index in [0.717, 1.165) is 31.7 Å². The van der Waals surface area contributed by atoms with Crippen LogP contribution in [0.15, 0.2) is 42.7 Å². The maximum Gasteiger partial charge on any atom is 0.329 e. The third-order valence-electron chi connectivity index (χ3n) is 5.71. The molecule has 0 saturated carbocycles. The molecule has 0 aliphatic carbocycles. The molecule has 3 amide bonds. The summed E-state index contributed by atoms with van der Waals surface area (Å²) in [5.74, 6) is 0.501. The highest BCUT2D eigenvalue weighted by Crippen LogP contribution is 2.33. The van der Waals surface area contributed by atoms with Gasteiger partial charge >= 0.3 is 6.03 Å². The van der Waals surface area contributed by atoms with Gasteiger partial charge in [-0.15, -0.1) is 0 Å². The fourth-order valence-corrected chi connectivity index (χ4v) is 4.21. The van der Waals surface area contributed by atoms with Gasteiger partial charge in [-0.1, -0.05) is 30.7 Å². The summed E-state index contributed by atoms with van der Waals surface area (Å²) in [4.78, 5) is 39.2. The number of imide groups is 1. The first kappa shape index (κ1) is 19.6. The molecule has 1 aromatic heterocycles. The summed E-state index contributed by atoms with van der Waals surface area (Å²) in [5, 5.41) is 3.46. The topological polar surface area (TPSA) is 82.9 Å². The largest absolute Gasteiger partial charge is 0.330 e. The number of amides is 3. The molecular weight excluding hydrogens is 392 g/mol. The summed E-state index contributed by atoms with van der Waals surface area (Å²) in [6, 6.07) is 8.59. The molecule has 1 atom stereocenters. The quantitative estimate of drug-likeness (QED) is 0.701. The second kappa shape index (κ2) is 7.96. The highest BCUT2D eigenvalue weighted by atomic mass is 35.5. The summed E-state index contributed by atoms with van der Waals surface area (Å²) in [7, 11) is 0. The summed E-state index contributed by atoms with van der Waals surface area (Å²) in [5.41, 5.74) is -0.337. The number of urea groups is 1. The molecule has 2 aliphatic rings. The third kappa shape index (κ3) is 3.65. The van der Waals surface area contributed by atoms with E-state index in [1.165, 1.54) is 9.80 Å². The van der Waals surface area contributed by atoms with Crippen molar-refractivity contribution < 1.29 is 14.5 Å². The van der Waals surface area contributed by atoms with Crippen molar-refractivity contribution in [2.24, 2.45) is 0 Å². The number of nitrogens with one attached hydrogen (secondary N) is 2. The number of piperazine rings is 1. The summed E-state index contributed by atoms with van der Waals surface area (Å²) in [6.07, 6.45) is 3.92. The lowest BCUT2D eigenvalue weighted by atomic mass is 9.87. The smallest absolute Gasteiger partial charge is 0.329 e. The minimum atomic E-state index is -1.05. The Morgan fingerprint density at radius 3 is 2.55 bits per heavy atom. The number of rotatable bonds is 5. The fourth-order valence-electron chi connectivity index (χ4n) is 4.02. The molecule has 9 heteroatoms. The van der Waals surface area contributed by atoms with Gasteiger partial charge in [-0.2, -0.15) is 0 Å². The Morgan fingerprint density at radius 1 is 1.17 bits per heavy atom. The molecule has 2 saturated heterocycles. The molecule has 2 fully saturated rings. The molecule has 1 aromatic carbocycles. The van der Waals surface area contributed by atoms with E-state index in [9.17, 15) is 9.59 Å². The van der Waals surface area contributed by atoms with Crippen molar-refractivity contribution in [3.05, 3.63) is 53.3 Å². The Bertz CT molecular complexity index is 903. The van der Waals surface area contributed by atoms with Crippen LogP contribution in [0.3, 0.4) is 0 Å². The van der Waals surface area contributed by atoms with Crippen molar-refractivity contribution in [3.63, 3.8) is 0 Å². The van der Waals surface area contributed by atoms with Crippen molar-refractivity contribution in [3.8, 4) is 0 Å². The Balaban J connectivity index is 1.45. The predicted molar refractivity (Wildman–Crippen MR) is 109 cm³/mol. The number of benzene rings is 1. The standard InChI is InChI=1S/C20H23ClN6O2/c1-2-20(15-5-3-6-16(21)13-15)17(28)27(19(29)24-20)14-25-9-11-26(12-10-25)18-22-7-4-8-23-18/h3-8,13H,2,9-12,14H2,1H3,(H,24,29)/p+1/t20-/m0/s1. The number of anilines is 1. The number of hydrogen-bond donors (Lipinski definition) is 2. The Kier molecular flexibility index (Phi) is 5.38. The minimum Gasteiger partial charge on any atom is -0.330 e. The summed E-state index contributed by atoms with van der Waals surface area (Å²) in [6.45, 7) is 5.38. The lowest BCUT2D eigenvalue weighted by Crippen LogP contribution is -3.16. The molecule has 152 valence electrons. The van der Waals surface area contributed by atoms with Gasteiger partial charge in [-0.3, -0.25) is 4.79 Å². The number of aromatic nitrogens is 2. The SMILES string of the molecule is CC[C@@]1(c2cccc(Cl)c2)NC(=O)N(C[NH+]2CCN(c3ncccn3)CC2)C1=O. The molecule has 3 heterocycles. The van der Waals surface area contributed by atoms with Crippen LogP contribution in [0.2, 0.25) is 5.02 Å². The van der Waals surface area contributed by atoms with Crippen LogP contribution in [0.4, 0.5) is 10.7 Å². The fraction of sp³-hybridized carbons (Fsp3) is 0.400. The van der Waals surface area contributed by atoms with E-state index in [1.807, 2.05) is 13.0 Å².